The van der Waals surface area contributed by atoms with E-state index in [0.29, 0.717) is 25.2 Å². The second-order valence-electron chi connectivity index (χ2n) is 4.48. The van der Waals surface area contributed by atoms with Crippen LogP contribution in [0.25, 0.3) is 0 Å². The van der Waals surface area contributed by atoms with Gasteiger partial charge in [-0.25, -0.2) is 0 Å². The third-order valence-corrected chi connectivity index (χ3v) is 3.15. The molecule has 2 amide bonds. The van der Waals surface area contributed by atoms with Gasteiger partial charge in [0.25, 0.3) is 5.91 Å². The summed E-state index contributed by atoms with van der Waals surface area (Å²) in [6, 6.07) is 10.3. The van der Waals surface area contributed by atoms with Gasteiger partial charge < -0.3 is 15.5 Å². The van der Waals surface area contributed by atoms with Gasteiger partial charge in [0.1, 0.15) is 6.04 Å². The molecule has 0 radical (unpaired) electrons. The van der Waals surface area contributed by atoms with Gasteiger partial charge in [-0.3, -0.25) is 9.59 Å². The second kappa shape index (κ2) is 6.68. The van der Waals surface area contributed by atoms with E-state index in [1.807, 2.05) is 6.07 Å². The van der Waals surface area contributed by atoms with Crippen LogP contribution < -0.4 is 10.6 Å². The number of nitriles is 1. The van der Waals surface area contributed by atoms with Gasteiger partial charge >= 0.3 is 0 Å². The lowest BCUT2D eigenvalue weighted by molar-refractivity contribution is -0.132. The van der Waals surface area contributed by atoms with Crippen LogP contribution in [0.3, 0.4) is 0 Å². The van der Waals surface area contributed by atoms with E-state index in [0.717, 1.165) is 0 Å². The molecule has 0 spiro atoms. The van der Waals surface area contributed by atoms with Crippen molar-refractivity contribution in [3.63, 3.8) is 0 Å². The van der Waals surface area contributed by atoms with Crippen LogP contribution in [-0.4, -0.2) is 48.9 Å². The quantitative estimate of drug-likeness (QED) is 0.794. The molecule has 0 saturated carbocycles. The Bertz CT molecular complexity index is 524. The summed E-state index contributed by atoms with van der Waals surface area (Å²) in [5.41, 5.74) is 0.512. The van der Waals surface area contributed by atoms with E-state index in [2.05, 4.69) is 16.7 Å². The number of carbonyl (C=O) groups excluding carboxylic acids is 2. The molecule has 6 nitrogen and oxygen atoms in total. The monoisotopic (exact) mass is 272 g/mol. The van der Waals surface area contributed by atoms with E-state index in [1.165, 1.54) is 4.90 Å². The highest BCUT2D eigenvalue weighted by Gasteiger charge is 2.26. The molecule has 0 aromatic heterocycles. The molecule has 1 aliphatic heterocycles. The minimum atomic E-state index is -0.468. The number of amides is 2. The molecule has 6 heteroatoms. The lowest BCUT2D eigenvalue weighted by atomic mass is 10.2. The van der Waals surface area contributed by atoms with Crippen molar-refractivity contribution < 1.29 is 9.59 Å². The Morgan fingerprint density at radius 3 is 2.85 bits per heavy atom. The fraction of sp³-hybridized carbons (Fsp3) is 0.357. The first-order chi connectivity index (χ1) is 9.72. The molecular weight excluding hydrogens is 256 g/mol. The molecule has 1 aliphatic rings. The zero-order valence-corrected chi connectivity index (χ0v) is 11.0. The molecule has 20 heavy (non-hydrogen) atoms. The molecule has 1 heterocycles. The minimum absolute atomic E-state index is 0.0914. The molecule has 1 unspecified atom stereocenters. The van der Waals surface area contributed by atoms with E-state index in [9.17, 15) is 9.59 Å². The van der Waals surface area contributed by atoms with Gasteiger partial charge in [0, 0.05) is 25.2 Å². The number of nitrogens with zero attached hydrogens (tertiary/aromatic N) is 2. The van der Waals surface area contributed by atoms with Crippen LogP contribution >= 0.6 is 0 Å². The Morgan fingerprint density at radius 2 is 2.15 bits per heavy atom. The molecular formula is C14H16N4O2. The fourth-order valence-electron chi connectivity index (χ4n) is 2.07. The largest absolute Gasteiger partial charge is 0.343 e. The van der Waals surface area contributed by atoms with Crippen LogP contribution in [-0.2, 0) is 4.79 Å². The minimum Gasteiger partial charge on any atom is -0.343 e. The molecule has 1 atom stereocenters. The van der Waals surface area contributed by atoms with Crippen LogP contribution in [0, 0.1) is 11.3 Å². The number of hydrogen-bond donors (Lipinski definition) is 2. The maximum atomic E-state index is 12.0. The highest BCUT2D eigenvalue weighted by molar-refractivity contribution is 5.96. The van der Waals surface area contributed by atoms with Crippen molar-refractivity contribution in [1.29, 1.82) is 5.26 Å². The van der Waals surface area contributed by atoms with Gasteiger partial charge in [-0.1, -0.05) is 18.2 Å². The summed E-state index contributed by atoms with van der Waals surface area (Å²) < 4.78 is 0. The average Bonchev–Trinajstić information content (AvgIpc) is 2.53. The van der Waals surface area contributed by atoms with Crippen molar-refractivity contribution in [2.24, 2.45) is 0 Å². The first-order valence-corrected chi connectivity index (χ1v) is 6.45. The number of rotatable bonds is 3. The van der Waals surface area contributed by atoms with Crippen LogP contribution in [0.1, 0.15) is 10.4 Å². The number of hydrogen-bond acceptors (Lipinski definition) is 4. The van der Waals surface area contributed by atoms with E-state index < -0.39 is 6.04 Å². The van der Waals surface area contributed by atoms with Crippen molar-refractivity contribution in [2.75, 3.05) is 26.2 Å². The van der Waals surface area contributed by atoms with E-state index in [-0.39, 0.29) is 18.4 Å². The fourth-order valence-corrected chi connectivity index (χ4v) is 2.07. The molecule has 1 aromatic carbocycles. The summed E-state index contributed by atoms with van der Waals surface area (Å²) in [4.78, 5) is 25.4. The van der Waals surface area contributed by atoms with Gasteiger partial charge in [-0.05, 0) is 12.1 Å². The molecule has 0 bridgehead atoms. The number of benzene rings is 1. The molecule has 1 aromatic rings. The van der Waals surface area contributed by atoms with Crippen LogP contribution in [0.15, 0.2) is 30.3 Å². The van der Waals surface area contributed by atoms with Gasteiger partial charge in [0.05, 0.1) is 12.6 Å². The molecule has 0 aliphatic carbocycles. The van der Waals surface area contributed by atoms with E-state index in [4.69, 9.17) is 5.26 Å². The summed E-state index contributed by atoms with van der Waals surface area (Å²) in [6.45, 7) is 1.52. The zero-order chi connectivity index (χ0) is 14.4. The molecule has 2 N–H and O–H groups in total. The third kappa shape index (κ3) is 3.33. The van der Waals surface area contributed by atoms with Crippen molar-refractivity contribution >= 4 is 11.8 Å². The highest BCUT2D eigenvalue weighted by Crippen LogP contribution is 2.03. The zero-order valence-electron chi connectivity index (χ0n) is 11.0. The molecule has 104 valence electrons. The SMILES string of the molecule is N#CC1CNCCN1C(=O)CNC(=O)c1ccccc1. The van der Waals surface area contributed by atoms with E-state index in [1.54, 1.807) is 24.3 Å². The highest BCUT2D eigenvalue weighted by atomic mass is 16.2. The van der Waals surface area contributed by atoms with Gasteiger partial charge in [-0.2, -0.15) is 5.26 Å². The first kappa shape index (κ1) is 14.0. The average molecular weight is 272 g/mol. The van der Waals surface area contributed by atoms with Gasteiger partial charge in [0.2, 0.25) is 5.91 Å². The van der Waals surface area contributed by atoms with Crippen molar-refractivity contribution in [3.05, 3.63) is 35.9 Å². The normalized spacial score (nSPS) is 18.1. The van der Waals surface area contributed by atoms with Crippen LogP contribution in [0.2, 0.25) is 0 Å². The maximum absolute atomic E-state index is 12.0. The predicted molar refractivity (Wildman–Crippen MR) is 72.8 cm³/mol. The van der Waals surface area contributed by atoms with Crippen molar-refractivity contribution in [1.82, 2.24) is 15.5 Å². The summed E-state index contributed by atoms with van der Waals surface area (Å²) in [7, 11) is 0. The Hall–Kier alpha value is -2.39. The summed E-state index contributed by atoms with van der Waals surface area (Å²) in [5.74, 6) is -0.523. The Kier molecular flexibility index (Phi) is 4.69. The third-order valence-electron chi connectivity index (χ3n) is 3.15. The topological polar surface area (TPSA) is 85.2 Å². The van der Waals surface area contributed by atoms with Crippen LogP contribution in [0.4, 0.5) is 0 Å². The van der Waals surface area contributed by atoms with Gasteiger partial charge in [0.15, 0.2) is 0 Å². The Labute approximate surface area is 117 Å². The summed E-state index contributed by atoms with van der Waals surface area (Å²) in [6.07, 6.45) is 0. The number of carbonyl (C=O) groups is 2. The smallest absolute Gasteiger partial charge is 0.251 e. The molecule has 1 fully saturated rings. The maximum Gasteiger partial charge on any atom is 0.251 e. The Morgan fingerprint density at radius 1 is 1.40 bits per heavy atom. The second-order valence-corrected chi connectivity index (χ2v) is 4.48. The molecule has 2 rings (SSSR count). The predicted octanol–water partition coefficient (Wildman–Crippen LogP) is -0.260. The first-order valence-electron chi connectivity index (χ1n) is 6.45. The molecule has 1 saturated heterocycles. The Balaban J connectivity index is 1.89. The van der Waals surface area contributed by atoms with Gasteiger partial charge in [-0.15, -0.1) is 0 Å². The summed E-state index contributed by atoms with van der Waals surface area (Å²) >= 11 is 0. The lowest BCUT2D eigenvalue weighted by Gasteiger charge is -2.32. The lowest BCUT2D eigenvalue weighted by Crippen LogP contribution is -2.55. The van der Waals surface area contributed by atoms with Crippen molar-refractivity contribution in [2.45, 2.75) is 6.04 Å². The number of piperazine rings is 1. The summed E-state index contributed by atoms with van der Waals surface area (Å²) in [5, 5.41) is 14.6. The van der Waals surface area contributed by atoms with Crippen LogP contribution in [0.5, 0.6) is 0 Å². The van der Waals surface area contributed by atoms with E-state index >= 15 is 0 Å². The number of nitrogens with one attached hydrogen (secondary N) is 2. The van der Waals surface area contributed by atoms with Crippen molar-refractivity contribution in [3.8, 4) is 6.07 Å². The standard InChI is InChI=1S/C14H16N4O2/c15-8-12-9-16-6-7-18(12)13(19)10-17-14(20)11-4-2-1-3-5-11/h1-5,12,16H,6-7,9-10H2,(H,17,20).